The van der Waals surface area contributed by atoms with Crippen molar-refractivity contribution < 1.29 is 36.9 Å². The molecule has 0 spiro atoms. The lowest BCUT2D eigenvalue weighted by Gasteiger charge is -2.28. The van der Waals surface area contributed by atoms with Gasteiger partial charge in [0.1, 0.15) is 6.61 Å². The quantitative estimate of drug-likeness (QED) is 0.124. The number of imidazole rings is 1. The predicted octanol–water partition coefficient (Wildman–Crippen LogP) is 6.75. The normalized spacial score (nSPS) is 14.7. The van der Waals surface area contributed by atoms with Crippen molar-refractivity contribution in [1.29, 1.82) is 0 Å². The number of alkyl halides is 3. The summed E-state index contributed by atoms with van der Waals surface area (Å²) in [6, 6.07) is 18.7. The molecule has 1 aliphatic heterocycles. The number of anilines is 1. The SMILES string of the molecule is COc1cc(C(=O)N(C)CC(CCN2CCCN(c3nc4ccccc4n3CCOCC(F)(F)F)CC2)c2cccc(Cl)c2)cc(OC)c1OC. The number of aromatic nitrogens is 2. The number of hydrogen-bond acceptors (Lipinski definition) is 8. The Morgan fingerprint density at radius 3 is 2.37 bits per heavy atom. The molecule has 51 heavy (non-hydrogen) atoms. The molecule has 1 saturated heterocycles. The highest BCUT2D eigenvalue weighted by atomic mass is 35.5. The summed E-state index contributed by atoms with van der Waals surface area (Å²) in [4.78, 5) is 24.9. The van der Waals surface area contributed by atoms with Crippen LogP contribution in [0.1, 0.15) is 34.7 Å². The van der Waals surface area contributed by atoms with Gasteiger partial charge in [0.15, 0.2) is 11.5 Å². The van der Waals surface area contributed by atoms with Crippen molar-refractivity contribution in [2.24, 2.45) is 0 Å². The molecule has 1 aromatic heterocycles. The number of benzene rings is 3. The summed E-state index contributed by atoms with van der Waals surface area (Å²) in [7, 11) is 6.33. The van der Waals surface area contributed by atoms with Gasteiger partial charge in [0.2, 0.25) is 11.7 Å². The fourth-order valence-electron chi connectivity index (χ4n) is 6.56. The Kier molecular flexibility index (Phi) is 12.9. The van der Waals surface area contributed by atoms with Gasteiger partial charge in [0.25, 0.3) is 5.91 Å². The molecule has 0 bridgehead atoms. The minimum absolute atomic E-state index is 0.0000540. The predicted molar refractivity (Wildman–Crippen MR) is 192 cm³/mol. The molecule has 4 aromatic rings. The minimum atomic E-state index is -4.37. The number of para-hydroxylation sites is 2. The zero-order valence-electron chi connectivity index (χ0n) is 29.4. The van der Waals surface area contributed by atoms with Crippen molar-refractivity contribution in [2.75, 3.05) is 85.8 Å². The summed E-state index contributed by atoms with van der Waals surface area (Å²) < 4.78 is 61.4. The van der Waals surface area contributed by atoms with E-state index in [2.05, 4.69) is 9.80 Å². The molecule has 276 valence electrons. The minimum Gasteiger partial charge on any atom is -0.493 e. The molecule has 1 amide bonds. The van der Waals surface area contributed by atoms with Crippen molar-refractivity contribution in [3.8, 4) is 17.2 Å². The molecule has 14 heteroatoms. The van der Waals surface area contributed by atoms with E-state index in [0.717, 1.165) is 61.6 Å². The molecule has 0 radical (unpaired) electrons. The van der Waals surface area contributed by atoms with Crippen LogP contribution in [0.4, 0.5) is 19.1 Å². The Labute approximate surface area is 301 Å². The van der Waals surface area contributed by atoms with Crippen LogP contribution in [0.5, 0.6) is 17.2 Å². The zero-order valence-corrected chi connectivity index (χ0v) is 30.2. The van der Waals surface area contributed by atoms with Gasteiger partial charge >= 0.3 is 6.18 Å². The number of methoxy groups -OCH3 is 3. The van der Waals surface area contributed by atoms with E-state index in [9.17, 15) is 18.0 Å². The van der Waals surface area contributed by atoms with E-state index in [-0.39, 0.29) is 25.0 Å². The van der Waals surface area contributed by atoms with Gasteiger partial charge in [-0.1, -0.05) is 35.9 Å². The number of amides is 1. The highest BCUT2D eigenvalue weighted by Gasteiger charge is 2.28. The Bertz CT molecular complexity index is 1750. The second kappa shape index (κ2) is 17.3. The van der Waals surface area contributed by atoms with Crippen LogP contribution in [0.2, 0.25) is 5.02 Å². The number of rotatable bonds is 15. The van der Waals surface area contributed by atoms with Crippen LogP contribution in [0.3, 0.4) is 0 Å². The second-order valence-electron chi connectivity index (χ2n) is 12.5. The van der Waals surface area contributed by atoms with E-state index in [1.807, 2.05) is 53.1 Å². The maximum Gasteiger partial charge on any atom is 0.411 e. The van der Waals surface area contributed by atoms with Gasteiger partial charge in [0, 0.05) is 56.3 Å². The number of carbonyl (C=O) groups is 1. The van der Waals surface area contributed by atoms with Crippen LogP contribution in [-0.4, -0.2) is 112 Å². The summed E-state index contributed by atoms with van der Waals surface area (Å²) in [6.07, 6.45) is -2.71. The van der Waals surface area contributed by atoms with Crippen LogP contribution in [0.25, 0.3) is 11.0 Å². The molecule has 1 aliphatic rings. The number of fused-ring (bicyclic) bond motifs is 1. The maximum absolute atomic E-state index is 13.7. The largest absolute Gasteiger partial charge is 0.493 e. The summed E-state index contributed by atoms with van der Waals surface area (Å²) in [5.74, 6) is 1.77. The molecule has 10 nitrogen and oxygen atoms in total. The molecule has 0 aliphatic carbocycles. The first-order chi connectivity index (χ1) is 24.5. The molecule has 3 aromatic carbocycles. The summed E-state index contributed by atoms with van der Waals surface area (Å²) in [6.45, 7) is 3.25. The van der Waals surface area contributed by atoms with Crippen molar-refractivity contribution in [3.63, 3.8) is 0 Å². The van der Waals surface area contributed by atoms with E-state index in [1.54, 1.807) is 24.1 Å². The Morgan fingerprint density at radius 1 is 0.941 bits per heavy atom. The lowest BCUT2D eigenvalue weighted by atomic mass is 9.94. The lowest BCUT2D eigenvalue weighted by Crippen LogP contribution is -2.35. The Hall–Kier alpha value is -4.20. The van der Waals surface area contributed by atoms with E-state index in [1.165, 1.54) is 21.3 Å². The number of likely N-dealkylation sites (N-methyl/N-ethyl adjacent to an activating group) is 1. The first-order valence-corrected chi connectivity index (χ1v) is 17.3. The van der Waals surface area contributed by atoms with Gasteiger partial charge in [-0.25, -0.2) is 4.98 Å². The van der Waals surface area contributed by atoms with E-state index < -0.39 is 12.8 Å². The van der Waals surface area contributed by atoms with Crippen molar-refractivity contribution in [2.45, 2.75) is 31.5 Å². The Balaban J connectivity index is 1.27. The van der Waals surface area contributed by atoms with Gasteiger partial charge < -0.3 is 38.2 Å². The third kappa shape index (κ3) is 9.78. The van der Waals surface area contributed by atoms with Crippen LogP contribution in [-0.2, 0) is 11.3 Å². The Morgan fingerprint density at radius 2 is 1.69 bits per heavy atom. The van der Waals surface area contributed by atoms with Gasteiger partial charge in [-0.2, -0.15) is 13.2 Å². The summed E-state index contributed by atoms with van der Waals surface area (Å²) >= 11 is 6.42. The molecule has 0 N–H and O–H groups in total. The van der Waals surface area contributed by atoms with E-state index in [4.69, 9.17) is 35.5 Å². The lowest BCUT2D eigenvalue weighted by molar-refractivity contribution is -0.174. The fourth-order valence-corrected chi connectivity index (χ4v) is 6.76. The number of carbonyl (C=O) groups excluding carboxylic acids is 1. The highest BCUT2D eigenvalue weighted by molar-refractivity contribution is 6.30. The molecular formula is C37H45ClF3N5O5. The standard InChI is InChI=1S/C37H45ClF3N5O5/c1-43(35(47)28-22-32(48-2)34(50-4)33(23-28)49-3)24-27(26-9-7-10-29(38)21-26)13-16-44-14-8-15-45(18-17-44)36-42-30-11-5-6-12-31(30)46(36)19-20-51-25-37(39,40)41/h5-7,9-12,21-23,27H,8,13-20,24-25H2,1-4H3. The summed E-state index contributed by atoms with van der Waals surface area (Å²) in [5.41, 5.74) is 3.12. The van der Waals surface area contributed by atoms with Crippen molar-refractivity contribution in [1.82, 2.24) is 19.4 Å². The second-order valence-corrected chi connectivity index (χ2v) is 13.0. The van der Waals surface area contributed by atoms with Crippen LogP contribution >= 0.6 is 11.6 Å². The van der Waals surface area contributed by atoms with Gasteiger partial charge in [-0.05, 0) is 67.9 Å². The van der Waals surface area contributed by atoms with Crippen molar-refractivity contribution >= 4 is 34.5 Å². The molecule has 2 heterocycles. The molecule has 1 unspecified atom stereocenters. The molecule has 0 saturated carbocycles. The maximum atomic E-state index is 13.7. The zero-order chi connectivity index (χ0) is 36.5. The number of ether oxygens (including phenoxy) is 4. The van der Waals surface area contributed by atoms with E-state index >= 15 is 0 Å². The monoisotopic (exact) mass is 731 g/mol. The molecular weight excluding hydrogens is 687 g/mol. The first kappa shape index (κ1) is 38.0. The van der Waals surface area contributed by atoms with Crippen LogP contribution in [0.15, 0.2) is 60.7 Å². The van der Waals surface area contributed by atoms with Gasteiger partial charge in [-0.15, -0.1) is 0 Å². The van der Waals surface area contributed by atoms with Gasteiger partial charge in [-0.3, -0.25) is 4.79 Å². The molecule has 5 rings (SSSR count). The molecule has 1 atom stereocenters. The third-order valence-corrected chi connectivity index (χ3v) is 9.33. The van der Waals surface area contributed by atoms with E-state index in [0.29, 0.717) is 40.9 Å². The van der Waals surface area contributed by atoms with Gasteiger partial charge in [0.05, 0.1) is 39.0 Å². The van der Waals surface area contributed by atoms with Crippen LogP contribution in [0, 0.1) is 0 Å². The number of nitrogens with zero attached hydrogens (tertiary/aromatic N) is 5. The fraction of sp³-hybridized carbons (Fsp3) is 0.459. The van der Waals surface area contributed by atoms with Crippen LogP contribution < -0.4 is 19.1 Å². The number of halogens is 4. The smallest absolute Gasteiger partial charge is 0.411 e. The average Bonchev–Trinajstić information content (AvgIpc) is 3.32. The number of hydrogen-bond donors (Lipinski definition) is 0. The topological polar surface area (TPSA) is 81.5 Å². The average molecular weight is 732 g/mol. The summed E-state index contributed by atoms with van der Waals surface area (Å²) in [5, 5.41) is 0.633. The van der Waals surface area contributed by atoms with Crippen molar-refractivity contribution in [3.05, 3.63) is 76.8 Å². The highest BCUT2D eigenvalue weighted by Crippen LogP contribution is 2.38. The molecule has 1 fully saturated rings. The third-order valence-electron chi connectivity index (χ3n) is 9.10. The first-order valence-electron chi connectivity index (χ1n) is 16.9.